The molecule has 0 aliphatic heterocycles. The SMILES string of the molecule is CC(=O)SCC(=O)c1ccccc1NS(=O)c1ccc(OC(F)(F)F)cc1. The molecule has 0 amide bonds. The molecule has 2 aromatic carbocycles. The Morgan fingerprint density at radius 1 is 1.11 bits per heavy atom. The highest BCUT2D eigenvalue weighted by Gasteiger charge is 2.31. The third kappa shape index (κ3) is 6.72. The van der Waals surface area contributed by atoms with Gasteiger partial charge in [-0.15, -0.1) is 13.2 Å². The highest BCUT2D eigenvalue weighted by molar-refractivity contribution is 8.14. The van der Waals surface area contributed by atoms with Gasteiger partial charge in [0, 0.05) is 12.5 Å². The molecule has 27 heavy (non-hydrogen) atoms. The molecule has 1 unspecified atom stereocenters. The number of para-hydroxylation sites is 1. The minimum Gasteiger partial charge on any atom is -0.406 e. The predicted octanol–water partition coefficient (Wildman–Crippen LogP) is 4.18. The van der Waals surface area contributed by atoms with Crippen LogP contribution < -0.4 is 9.46 Å². The van der Waals surface area contributed by atoms with E-state index in [-0.39, 0.29) is 27.1 Å². The average molecular weight is 417 g/mol. The smallest absolute Gasteiger partial charge is 0.406 e. The van der Waals surface area contributed by atoms with Gasteiger partial charge < -0.3 is 9.46 Å². The van der Waals surface area contributed by atoms with Crippen LogP contribution in [0, 0.1) is 0 Å². The van der Waals surface area contributed by atoms with Crippen molar-refractivity contribution in [2.75, 3.05) is 10.5 Å². The Bertz CT molecular complexity index is 854. The van der Waals surface area contributed by atoms with Gasteiger partial charge in [-0.25, -0.2) is 4.21 Å². The summed E-state index contributed by atoms with van der Waals surface area (Å²) in [5.41, 5.74) is 0.553. The molecule has 1 atom stereocenters. The molecule has 0 fully saturated rings. The highest BCUT2D eigenvalue weighted by atomic mass is 32.2. The summed E-state index contributed by atoms with van der Waals surface area (Å²) in [4.78, 5) is 23.4. The summed E-state index contributed by atoms with van der Waals surface area (Å²) in [5, 5.41) is -0.196. The lowest BCUT2D eigenvalue weighted by atomic mass is 10.1. The number of benzene rings is 2. The molecule has 0 aliphatic carbocycles. The van der Waals surface area contributed by atoms with Crippen molar-refractivity contribution in [3.8, 4) is 5.75 Å². The van der Waals surface area contributed by atoms with Gasteiger partial charge in [0.25, 0.3) is 0 Å². The van der Waals surface area contributed by atoms with E-state index in [1.165, 1.54) is 25.1 Å². The van der Waals surface area contributed by atoms with Crippen molar-refractivity contribution in [1.29, 1.82) is 0 Å². The van der Waals surface area contributed by atoms with Crippen LogP contribution in [0.15, 0.2) is 53.4 Å². The fourth-order valence-electron chi connectivity index (χ4n) is 1.98. The van der Waals surface area contributed by atoms with Crippen molar-refractivity contribution in [3.63, 3.8) is 0 Å². The van der Waals surface area contributed by atoms with E-state index in [9.17, 15) is 27.0 Å². The third-order valence-corrected chi connectivity index (χ3v) is 5.03. The molecule has 0 saturated heterocycles. The third-order valence-electron chi connectivity index (χ3n) is 3.11. The van der Waals surface area contributed by atoms with Gasteiger partial charge in [-0.3, -0.25) is 9.59 Å². The molecule has 10 heteroatoms. The van der Waals surface area contributed by atoms with Crippen LogP contribution in [0.25, 0.3) is 0 Å². The lowest BCUT2D eigenvalue weighted by molar-refractivity contribution is -0.274. The molecule has 0 heterocycles. The van der Waals surface area contributed by atoms with Crippen molar-refractivity contribution in [2.24, 2.45) is 0 Å². The molecule has 0 saturated carbocycles. The van der Waals surface area contributed by atoms with Crippen LogP contribution in [0.2, 0.25) is 0 Å². The van der Waals surface area contributed by atoms with Crippen molar-refractivity contribution in [2.45, 2.75) is 18.2 Å². The second kappa shape index (κ2) is 9.05. The number of carbonyl (C=O) groups is 2. The standard InChI is InChI=1S/C17H14F3NO4S2/c1-11(22)26-10-16(23)14-4-2-3-5-15(14)21-27(24)13-8-6-12(7-9-13)25-17(18,19)20/h2-9,21H,10H2,1H3. The molecule has 0 aromatic heterocycles. The normalized spacial score (nSPS) is 12.3. The zero-order valence-electron chi connectivity index (χ0n) is 13.9. The number of ketones is 1. The number of halogens is 3. The summed E-state index contributed by atoms with van der Waals surface area (Å²) < 4.78 is 55.3. The molecular formula is C17H14F3NO4S2. The van der Waals surface area contributed by atoms with E-state index in [1.807, 2.05) is 0 Å². The van der Waals surface area contributed by atoms with Crippen LogP contribution >= 0.6 is 11.8 Å². The molecule has 0 aliphatic rings. The lowest BCUT2D eigenvalue weighted by Gasteiger charge is -2.12. The van der Waals surface area contributed by atoms with Crippen molar-refractivity contribution in [3.05, 3.63) is 54.1 Å². The van der Waals surface area contributed by atoms with Gasteiger partial charge in [0.15, 0.2) is 10.9 Å². The number of hydrogen-bond acceptors (Lipinski definition) is 5. The van der Waals surface area contributed by atoms with Gasteiger partial charge in [0.05, 0.1) is 16.3 Å². The first-order valence-electron chi connectivity index (χ1n) is 7.45. The Hall–Kier alpha value is -2.33. The second-order valence-corrected chi connectivity index (χ2v) is 7.50. The molecule has 0 radical (unpaired) electrons. The van der Waals surface area contributed by atoms with Crippen molar-refractivity contribution >= 4 is 39.3 Å². The topological polar surface area (TPSA) is 72.5 Å². The minimum absolute atomic E-state index is 0.0514. The van der Waals surface area contributed by atoms with Crippen LogP contribution in [0.4, 0.5) is 18.9 Å². The van der Waals surface area contributed by atoms with E-state index >= 15 is 0 Å². The number of alkyl halides is 3. The van der Waals surface area contributed by atoms with E-state index < -0.39 is 23.1 Å². The summed E-state index contributed by atoms with van der Waals surface area (Å²) in [6.07, 6.45) is -4.81. The Balaban J connectivity index is 2.12. The van der Waals surface area contributed by atoms with E-state index in [4.69, 9.17) is 0 Å². The Labute approximate surface area is 159 Å². The highest BCUT2D eigenvalue weighted by Crippen LogP contribution is 2.25. The summed E-state index contributed by atoms with van der Waals surface area (Å²) in [6.45, 7) is 1.35. The number of nitrogens with one attached hydrogen (secondary N) is 1. The van der Waals surface area contributed by atoms with Crippen LogP contribution in [0.3, 0.4) is 0 Å². The zero-order chi connectivity index (χ0) is 20.0. The van der Waals surface area contributed by atoms with Gasteiger partial charge in [0.1, 0.15) is 16.7 Å². The molecule has 2 rings (SSSR count). The largest absolute Gasteiger partial charge is 0.573 e. The van der Waals surface area contributed by atoms with Gasteiger partial charge in [-0.1, -0.05) is 23.9 Å². The Morgan fingerprint density at radius 2 is 1.74 bits per heavy atom. The Kier molecular flexibility index (Phi) is 7.03. The van der Waals surface area contributed by atoms with E-state index in [1.54, 1.807) is 18.2 Å². The summed E-state index contributed by atoms with van der Waals surface area (Å²) in [5.74, 6) is -0.797. The summed E-state index contributed by atoms with van der Waals surface area (Å²) in [7, 11) is -1.82. The number of carbonyl (C=O) groups excluding carboxylic acids is 2. The first kappa shape index (κ1) is 21.0. The van der Waals surface area contributed by atoms with Crippen LogP contribution in [0.5, 0.6) is 5.75 Å². The fraction of sp³-hybridized carbons (Fsp3) is 0.176. The van der Waals surface area contributed by atoms with E-state index in [0.29, 0.717) is 5.69 Å². The van der Waals surface area contributed by atoms with Crippen LogP contribution in [-0.2, 0) is 15.8 Å². The monoisotopic (exact) mass is 417 g/mol. The first-order chi connectivity index (χ1) is 12.7. The quantitative estimate of drug-likeness (QED) is 0.685. The van der Waals surface area contributed by atoms with E-state index in [2.05, 4.69) is 9.46 Å². The van der Waals surface area contributed by atoms with Crippen molar-refractivity contribution in [1.82, 2.24) is 0 Å². The first-order valence-corrected chi connectivity index (χ1v) is 9.59. The Morgan fingerprint density at radius 3 is 2.33 bits per heavy atom. The number of hydrogen-bond donors (Lipinski definition) is 1. The molecule has 5 nitrogen and oxygen atoms in total. The van der Waals surface area contributed by atoms with Crippen LogP contribution in [-0.4, -0.2) is 27.2 Å². The summed E-state index contributed by atoms with van der Waals surface area (Å²) >= 11 is 0.866. The number of anilines is 1. The maximum Gasteiger partial charge on any atom is 0.573 e. The molecular weight excluding hydrogens is 403 g/mol. The van der Waals surface area contributed by atoms with Gasteiger partial charge in [-0.2, -0.15) is 0 Å². The van der Waals surface area contributed by atoms with E-state index in [0.717, 1.165) is 23.9 Å². The average Bonchev–Trinajstić information content (AvgIpc) is 2.59. The molecule has 1 N–H and O–H groups in total. The number of thioether (sulfide) groups is 1. The number of rotatable bonds is 7. The zero-order valence-corrected chi connectivity index (χ0v) is 15.5. The minimum atomic E-state index is -4.81. The van der Waals surface area contributed by atoms with Crippen molar-refractivity contribution < 1.29 is 31.7 Å². The maximum absolute atomic E-state index is 12.4. The predicted molar refractivity (Wildman–Crippen MR) is 97.1 cm³/mol. The van der Waals surface area contributed by atoms with Crippen LogP contribution in [0.1, 0.15) is 17.3 Å². The number of ether oxygens (including phenoxy) is 1. The number of Topliss-reactive ketones (excluding diaryl/α,β-unsaturated/α-hetero) is 1. The molecule has 144 valence electrons. The molecule has 0 spiro atoms. The fourth-order valence-corrected chi connectivity index (χ4v) is 3.35. The molecule has 0 bridgehead atoms. The van der Waals surface area contributed by atoms with Gasteiger partial charge in [-0.05, 0) is 36.4 Å². The lowest BCUT2D eigenvalue weighted by Crippen LogP contribution is -2.17. The maximum atomic E-state index is 12.4. The molecule has 2 aromatic rings. The second-order valence-electron chi connectivity index (χ2n) is 5.14. The van der Waals surface area contributed by atoms with Gasteiger partial charge >= 0.3 is 6.36 Å². The van der Waals surface area contributed by atoms with Gasteiger partial charge in [0.2, 0.25) is 0 Å². The summed E-state index contributed by atoms with van der Waals surface area (Å²) in [6, 6.07) is 10.9.